The number of urea groups is 1. The molecule has 0 aromatic carbocycles. The van der Waals surface area contributed by atoms with Crippen molar-refractivity contribution in [3.05, 3.63) is 5.82 Å². The molecule has 1 saturated heterocycles. The summed E-state index contributed by atoms with van der Waals surface area (Å²) in [7, 11) is 0. The SMILES string of the molecule is Cc1nsc(NC(=O)N2CCCC(C)(C(=O)O)C2)n1. The lowest BCUT2D eigenvalue weighted by Gasteiger charge is -2.37. The molecule has 0 radical (unpaired) electrons. The number of rotatable bonds is 2. The van der Waals surface area contributed by atoms with Crippen molar-refractivity contribution < 1.29 is 14.7 Å². The predicted molar refractivity (Wildman–Crippen MR) is 70.2 cm³/mol. The molecule has 2 N–H and O–H groups in total. The number of aliphatic carboxylic acids is 1. The first-order chi connectivity index (χ1) is 8.90. The molecular formula is C11H16N4O3S. The van der Waals surface area contributed by atoms with Crippen molar-refractivity contribution in [3.63, 3.8) is 0 Å². The second-order valence-corrected chi connectivity index (χ2v) is 5.72. The molecule has 0 bridgehead atoms. The Hall–Kier alpha value is -1.70. The maximum atomic E-state index is 12.0. The number of carbonyl (C=O) groups excluding carboxylic acids is 1. The Labute approximate surface area is 114 Å². The first-order valence-corrected chi connectivity index (χ1v) is 6.78. The third-order valence-corrected chi connectivity index (χ3v) is 3.96. The number of aryl methyl sites for hydroxylation is 1. The third kappa shape index (κ3) is 3.01. The zero-order valence-corrected chi connectivity index (χ0v) is 11.7. The van der Waals surface area contributed by atoms with E-state index in [4.69, 9.17) is 0 Å². The number of carboxylic acid groups (broad SMARTS) is 1. The minimum absolute atomic E-state index is 0.214. The highest BCUT2D eigenvalue weighted by Crippen LogP contribution is 2.30. The van der Waals surface area contributed by atoms with Gasteiger partial charge in [0.05, 0.1) is 5.41 Å². The van der Waals surface area contributed by atoms with Crippen LogP contribution in [-0.2, 0) is 4.79 Å². The molecule has 7 nitrogen and oxygen atoms in total. The Morgan fingerprint density at radius 3 is 2.84 bits per heavy atom. The summed E-state index contributed by atoms with van der Waals surface area (Å²) in [6.07, 6.45) is 1.27. The van der Waals surface area contributed by atoms with E-state index < -0.39 is 11.4 Å². The Balaban J connectivity index is 2.01. The van der Waals surface area contributed by atoms with Crippen LogP contribution in [0.15, 0.2) is 0 Å². The summed E-state index contributed by atoms with van der Waals surface area (Å²) in [5.41, 5.74) is -0.868. The molecule has 0 aliphatic carbocycles. The van der Waals surface area contributed by atoms with E-state index in [1.165, 1.54) is 4.90 Å². The van der Waals surface area contributed by atoms with Gasteiger partial charge in [-0.15, -0.1) is 0 Å². The fourth-order valence-electron chi connectivity index (χ4n) is 2.11. The highest BCUT2D eigenvalue weighted by Gasteiger charge is 2.39. The summed E-state index contributed by atoms with van der Waals surface area (Å²) in [5, 5.41) is 12.3. The van der Waals surface area contributed by atoms with Crippen LogP contribution in [0.25, 0.3) is 0 Å². The number of carbonyl (C=O) groups is 2. The quantitative estimate of drug-likeness (QED) is 0.859. The number of aromatic nitrogens is 2. The van der Waals surface area contributed by atoms with Crippen LogP contribution in [-0.4, -0.2) is 44.5 Å². The standard InChI is InChI=1S/C11H16N4O3S/c1-7-12-9(19-14-7)13-10(18)15-5-3-4-11(2,6-15)8(16)17/h3-6H2,1-2H3,(H,16,17)(H,12,13,14,18). The van der Waals surface area contributed by atoms with Crippen molar-refractivity contribution >= 4 is 28.7 Å². The molecule has 104 valence electrons. The summed E-state index contributed by atoms with van der Waals surface area (Å²) in [6.45, 7) is 4.19. The van der Waals surface area contributed by atoms with Crippen molar-refractivity contribution in [1.29, 1.82) is 0 Å². The van der Waals surface area contributed by atoms with Crippen LogP contribution < -0.4 is 5.32 Å². The molecule has 1 unspecified atom stereocenters. The molecule has 2 amide bonds. The molecule has 0 saturated carbocycles. The summed E-state index contributed by atoms with van der Waals surface area (Å²) >= 11 is 1.11. The lowest BCUT2D eigenvalue weighted by Crippen LogP contribution is -2.49. The molecular weight excluding hydrogens is 268 g/mol. The van der Waals surface area contributed by atoms with Gasteiger partial charge in [-0.05, 0) is 26.7 Å². The molecule has 8 heteroatoms. The number of amides is 2. The van der Waals surface area contributed by atoms with Crippen LogP contribution in [0.2, 0.25) is 0 Å². The Bertz CT molecular complexity index is 504. The lowest BCUT2D eigenvalue weighted by molar-refractivity contribution is -0.150. The van der Waals surface area contributed by atoms with E-state index >= 15 is 0 Å². The summed E-state index contributed by atoms with van der Waals surface area (Å²) in [4.78, 5) is 28.8. The first kappa shape index (κ1) is 13.7. The van der Waals surface area contributed by atoms with Gasteiger partial charge in [-0.2, -0.15) is 4.37 Å². The van der Waals surface area contributed by atoms with E-state index in [0.29, 0.717) is 30.3 Å². The van der Waals surface area contributed by atoms with Gasteiger partial charge >= 0.3 is 12.0 Å². The topological polar surface area (TPSA) is 95.4 Å². The Kier molecular flexibility index (Phi) is 3.70. The highest BCUT2D eigenvalue weighted by molar-refractivity contribution is 7.09. The molecule has 2 heterocycles. The van der Waals surface area contributed by atoms with E-state index in [0.717, 1.165) is 11.5 Å². The van der Waals surface area contributed by atoms with Gasteiger partial charge in [0.1, 0.15) is 5.82 Å². The number of likely N-dealkylation sites (tertiary alicyclic amines) is 1. The van der Waals surface area contributed by atoms with Crippen molar-refractivity contribution in [3.8, 4) is 0 Å². The first-order valence-electron chi connectivity index (χ1n) is 6.00. The molecule has 1 aromatic heterocycles. The average molecular weight is 284 g/mol. The number of nitrogens with one attached hydrogen (secondary N) is 1. The molecule has 0 spiro atoms. The Morgan fingerprint density at radius 1 is 1.53 bits per heavy atom. The molecule has 1 atom stereocenters. The monoisotopic (exact) mass is 284 g/mol. The number of hydrogen-bond acceptors (Lipinski definition) is 5. The molecule has 1 aromatic rings. The molecule has 1 aliphatic heterocycles. The van der Waals surface area contributed by atoms with E-state index in [1.54, 1.807) is 13.8 Å². The van der Waals surface area contributed by atoms with Gasteiger partial charge in [-0.1, -0.05) is 0 Å². The lowest BCUT2D eigenvalue weighted by atomic mass is 9.82. The van der Waals surface area contributed by atoms with Crippen molar-refractivity contribution in [1.82, 2.24) is 14.3 Å². The van der Waals surface area contributed by atoms with Crippen molar-refractivity contribution in [2.24, 2.45) is 5.41 Å². The van der Waals surface area contributed by atoms with E-state index in [-0.39, 0.29) is 12.6 Å². The normalized spacial score (nSPS) is 23.2. The van der Waals surface area contributed by atoms with Gasteiger partial charge in [-0.25, -0.2) is 9.78 Å². The average Bonchev–Trinajstić information content (AvgIpc) is 2.74. The number of hydrogen-bond donors (Lipinski definition) is 2. The van der Waals surface area contributed by atoms with E-state index in [9.17, 15) is 14.7 Å². The summed E-state index contributed by atoms with van der Waals surface area (Å²) in [6, 6.07) is -0.316. The second kappa shape index (κ2) is 5.12. The summed E-state index contributed by atoms with van der Waals surface area (Å²) < 4.78 is 3.97. The molecule has 1 aliphatic rings. The maximum Gasteiger partial charge on any atom is 0.323 e. The highest BCUT2D eigenvalue weighted by atomic mass is 32.1. The third-order valence-electron chi connectivity index (χ3n) is 3.24. The summed E-state index contributed by atoms with van der Waals surface area (Å²) in [5.74, 6) is -0.258. The minimum Gasteiger partial charge on any atom is -0.481 e. The fourth-order valence-corrected chi connectivity index (χ4v) is 2.67. The van der Waals surface area contributed by atoms with Crippen LogP contribution in [0.5, 0.6) is 0 Å². The zero-order chi connectivity index (χ0) is 14.0. The largest absolute Gasteiger partial charge is 0.481 e. The minimum atomic E-state index is -0.868. The predicted octanol–water partition coefficient (Wildman–Crippen LogP) is 1.57. The van der Waals surface area contributed by atoms with Crippen LogP contribution in [0.3, 0.4) is 0 Å². The van der Waals surface area contributed by atoms with Gasteiger partial charge in [0, 0.05) is 24.6 Å². The number of anilines is 1. The van der Waals surface area contributed by atoms with Crippen LogP contribution >= 0.6 is 11.5 Å². The van der Waals surface area contributed by atoms with Crippen LogP contribution in [0.4, 0.5) is 9.93 Å². The fraction of sp³-hybridized carbons (Fsp3) is 0.636. The maximum absolute atomic E-state index is 12.0. The van der Waals surface area contributed by atoms with Crippen molar-refractivity contribution in [2.45, 2.75) is 26.7 Å². The van der Waals surface area contributed by atoms with Gasteiger partial charge in [0.15, 0.2) is 0 Å². The van der Waals surface area contributed by atoms with Gasteiger partial charge in [0.25, 0.3) is 0 Å². The number of nitrogens with zero attached hydrogens (tertiary/aromatic N) is 3. The smallest absolute Gasteiger partial charge is 0.323 e. The number of piperidine rings is 1. The molecule has 19 heavy (non-hydrogen) atoms. The molecule has 1 fully saturated rings. The van der Waals surface area contributed by atoms with Gasteiger partial charge in [-0.3, -0.25) is 10.1 Å². The van der Waals surface area contributed by atoms with Gasteiger partial charge < -0.3 is 10.0 Å². The molecule has 2 rings (SSSR count). The number of carboxylic acids is 1. The van der Waals surface area contributed by atoms with Crippen LogP contribution in [0.1, 0.15) is 25.6 Å². The van der Waals surface area contributed by atoms with Gasteiger partial charge in [0.2, 0.25) is 5.13 Å². The van der Waals surface area contributed by atoms with E-state index in [2.05, 4.69) is 14.7 Å². The van der Waals surface area contributed by atoms with Crippen molar-refractivity contribution in [2.75, 3.05) is 18.4 Å². The van der Waals surface area contributed by atoms with E-state index in [1.807, 2.05) is 0 Å². The zero-order valence-electron chi connectivity index (χ0n) is 10.8. The Morgan fingerprint density at radius 2 is 2.26 bits per heavy atom. The van der Waals surface area contributed by atoms with Crippen LogP contribution in [0, 0.1) is 12.3 Å². The second-order valence-electron chi connectivity index (χ2n) is 4.97.